The number of rotatable bonds is 0. The van der Waals surface area contributed by atoms with Crippen LogP contribution in [0.3, 0.4) is 0 Å². The predicted molar refractivity (Wildman–Crippen MR) is 29.6 cm³/mol. The first-order chi connectivity index (χ1) is 1.00. The molecule has 0 aromatic rings. The Labute approximate surface area is 39.2 Å². The van der Waals surface area contributed by atoms with Gasteiger partial charge in [-0.15, -0.1) is 0 Å². The standard InChI is InChI=1S/O2.4H2O.4H2/c1-2;;;;;;;;/h;4*1H2;4*1H. The Morgan fingerprint density at radius 3 is 0.667 bits per heavy atom. The average molecular weight is 112 g/mol. The molecule has 8 N–H and O–H groups in total. The van der Waals surface area contributed by atoms with E-state index in [1.165, 1.54) is 0 Å². The Morgan fingerprint density at radius 1 is 0.667 bits per heavy atom. The van der Waals surface area contributed by atoms with Crippen LogP contribution in [0.5, 0.6) is 0 Å². The summed E-state index contributed by atoms with van der Waals surface area (Å²) in [5, 5.41) is 0. The molecule has 0 atom stereocenters. The monoisotopic (exact) mass is 112 g/mol. The zero-order valence-corrected chi connectivity index (χ0v) is 2.82. The van der Waals surface area contributed by atoms with Crippen molar-refractivity contribution in [3.8, 4) is 0 Å². The summed E-state index contributed by atoms with van der Waals surface area (Å²) in [6.45, 7) is 0. The highest BCUT2D eigenvalue weighted by molar-refractivity contribution is 4.07. The fraction of sp³-hybridized carbons (Fsp3) is 0. The molecular weight excluding hydrogens is 96.0 g/mol. The third-order valence-corrected chi connectivity index (χ3v) is 0. The molecule has 0 radical (unpaired) electrons. The lowest BCUT2D eigenvalue weighted by molar-refractivity contribution is 0.823. The Bertz CT molecular complexity index is 9.71. The van der Waals surface area contributed by atoms with Crippen LogP contribution in [0.4, 0.5) is 0 Å². The number of hydrogen-bond donors (Lipinski definition) is 0. The van der Waals surface area contributed by atoms with E-state index in [-0.39, 0.29) is 27.6 Å². The normalized spacial score (nSPS) is 0.667. The average Bonchev–Trinajstić information content (AvgIpc) is 1.00. The maximum absolute atomic E-state index is 7.00. The minimum absolute atomic E-state index is 0. The van der Waals surface area contributed by atoms with Crippen molar-refractivity contribution in [3.05, 3.63) is 9.93 Å². The molecule has 52 valence electrons. The molecule has 0 saturated carbocycles. The van der Waals surface area contributed by atoms with E-state index in [9.17, 15) is 0 Å². The van der Waals surface area contributed by atoms with Crippen LogP contribution in [0, 0.1) is 9.93 Å². The molecule has 6 heteroatoms. The molecule has 0 aromatic heterocycles. The van der Waals surface area contributed by atoms with Crippen LogP contribution in [0.15, 0.2) is 0 Å². The van der Waals surface area contributed by atoms with Crippen molar-refractivity contribution >= 4 is 0 Å². The van der Waals surface area contributed by atoms with E-state index in [2.05, 4.69) is 0 Å². The van der Waals surface area contributed by atoms with Crippen molar-refractivity contribution in [1.82, 2.24) is 0 Å². The van der Waals surface area contributed by atoms with Gasteiger partial charge in [0.25, 0.3) is 0 Å². The highest BCUT2D eigenvalue weighted by Gasteiger charge is 0.707. The van der Waals surface area contributed by atoms with Gasteiger partial charge in [-0.05, 0) is 0 Å². The van der Waals surface area contributed by atoms with Crippen molar-refractivity contribution in [2.45, 2.75) is 0 Å². The van der Waals surface area contributed by atoms with Crippen molar-refractivity contribution in [2.24, 2.45) is 0 Å². The first kappa shape index (κ1) is 554. The first-order valence-corrected chi connectivity index (χ1v) is 0.167. The van der Waals surface area contributed by atoms with Crippen LogP contribution >= 0.6 is 0 Å². The van der Waals surface area contributed by atoms with Gasteiger partial charge in [0, 0.05) is 15.6 Å². The molecule has 0 unspecified atom stereocenters. The lowest BCUT2D eigenvalue weighted by Crippen LogP contribution is -0.674. The molecule has 0 fully saturated rings. The summed E-state index contributed by atoms with van der Waals surface area (Å²) in [4.78, 5) is 14.0. The van der Waals surface area contributed by atoms with Gasteiger partial charge in [0.2, 0.25) is 0 Å². The van der Waals surface area contributed by atoms with Gasteiger partial charge in [0.05, 0.1) is 0 Å². The molecule has 0 heterocycles. The van der Waals surface area contributed by atoms with Crippen LogP contribution < -0.4 is 0 Å². The van der Waals surface area contributed by atoms with Crippen molar-refractivity contribution in [2.75, 3.05) is 0 Å². The molecule has 0 bridgehead atoms. The van der Waals surface area contributed by atoms with Crippen LogP contribution in [-0.2, 0) is 0 Å². The lowest BCUT2D eigenvalue weighted by Gasteiger charge is -0.707. The van der Waals surface area contributed by atoms with Gasteiger partial charge < -0.3 is 21.9 Å². The highest BCUT2D eigenvalue weighted by Crippen LogP contribution is 0.741. The molecule has 0 rings (SSSR count). The molecule has 0 aliphatic rings. The van der Waals surface area contributed by atoms with Crippen LogP contribution in [0.2, 0.25) is 0 Å². The number of hydrogen-bond acceptors (Lipinski definition) is 2. The van der Waals surface area contributed by atoms with Crippen molar-refractivity contribution in [3.63, 3.8) is 0 Å². The summed E-state index contributed by atoms with van der Waals surface area (Å²) in [6, 6.07) is 0. The van der Waals surface area contributed by atoms with Gasteiger partial charge in [-0.1, -0.05) is 0 Å². The second kappa shape index (κ2) is 168. The minimum Gasteiger partial charge on any atom is -0.412 e. The van der Waals surface area contributed by atoms with Gasteiger partial charge >= 0.3 is 0 Å². The topological polar surface area (TPSA) is 160 Å². The van der Waals surface area contributed by atoms with E-state index in [1.54, 1.807) is 0 Å². The summed E-state index contributed by atoms with van der Waals surface area (Å²) in [7, 11) is 0. The van der Waals surface area contributed by atoms with Gasteiger partial charge in [0.15, 0.2) is 0 Å². The van der Waals surface area contributed by atoms with E-state index in [1.807, 2.05) is 0 Å². The van der Waals surface area contributed by atoms with E-state index in [0.717, 1.165) is 0 Å². The van der Waals surface area contributed by atoms with E-state index in [4.69, 9.17) is 9.93 Å². The molecule has 6 heavy (non-hydrogen) atoms. The first-order valence-electron chi connectivity index (χ1n) is 0.167. The second-order valence-electron chi connectivity index (χ2n) is 0. The molecule has 0 amide bonds. The molecular formula is H16O6. The third-order valence-electron chi connectivity index (χ3n) is 0. The van der Waals surface area contributed by atoms with E-state index in [0.29, 0.717) is 0 Å². The Kier molecular flexibility index (Phi) is 15500. The Balaban J connectivity index is -0.000000000179. The Morgan fingerprint density at radius 2 is 0.667 bits per heavy atom. The summed E-state index contributed by atoms with van der Waals surface area (Å²) in [5.74, 6) is 0. The zero-order valence-electron chi connectivity index (χ0n) is 2.82. The fourth-order valence-corrected chi connectivity index (χ4v) is 0. The Hall–Kier alpha value is -0.560. The summed E-state index contributed by atoms with van der Waals surface area (Å²) in [5.41, 5.74) is 0. The molecule has 0 saturated heterocycles. The van der Waals surface area contributed by atoms with Gasteiger partial charge in [-0.3, -0.25) is 0 Å². The maximum atomic E-state index is 7.00. The van der Waals surface area contributed by atoms with Crippen LogP contribution in [0.25, 0.3) is 0 Å². The van der Waals surface area contributed by atoms with Crippen LogP contribution in [0.1, 0.15) is 5.71 Å². The predicted octanol–water partition coefficient (Wildman–Crippen LogP) is -2.25. The second-order valence-corrected chi connectivity index (χ2v) is 0. The largest absolute Gasteiger partial charge is 0.412 e. The van der Waals surface area contributed by atoms with Gasteiger partial charge in [-0.2, -0.15) is 0 Å². The third kappa shape index (κ3) is 65.3. The summed E-state index contributed by atoms with van der Waals surface area (Å²) < 4.78 is 0. The van der Waals surface area contributed by atoms with Crippen molar-refractivity contribution < 1.29 is 27.6 Å². The molecule has 0 aliphatic heterocycles. The molecule has 0 aromatic carbocycles. The SMILES string of the molecule is O.O.O.O.O=O.[HH].[HH].[HH].[HH]. The quantitative estimate of drug-likeness (QED) is 0.346. The molecule has 0 aliphatic carbocycles. The fourth-order valence-electron chi connectivity index (χ4n) is 0. The zero-order chi connectivity index (χ0) is 2.00. The van der Waals surface area contributed by atoms with E-state index >= 15 is 0 Å². The van der Waals surface area contributed by atoms with Crippen molar-refractivity contribution in [1.29, 1.82) is 0 Å². The lowest BCUT2D eigenvalue weighted by atomic mass is 15.3. The molecule has 6 nitrogen and oxygen atoms in total. The molecule has 0 spiro atoms. The van der Waals surface area contributed by atoms with Gasteiger partial charge in [0.1, 0.15) is 0 Å². The summed E-state index contributed by atoms with van der Waals surface area (Å²) in [6.07, 6.45) is 0. The van der Waals surface area contributed by atoms with Crippen LogP contribution in [-0.4, -0.2) is 21.9 Å². The minimum atomic E-state index is 0. The highest BCUT2D eigenvalue weighted by atomic mass is 16.7. The van der Waals surface area contributed by atoms with E-state index < -0.39 is 0 Å². The smallest absolute Gasteiger partial charge is 0 e. The maximum Gasteiger partial charge on any atom is 0 e. The van der Waals surface area contributed by atoms with Gasteiger partial charge in [-0.25, -0.2) is 0 Å². The summed E-state index contributed by atoms with van der Waals surface area (Å²) >= 11 is 0.